The Morgan fingerprint density at radius 3 is 1.62 bits per heavy atom. The summed E-state index contributed by atoms with van der Waals surface area (Å²) in [6.45, 7) is 3.44. The van der Waals surface area contributed by atoms with Gasteiger partial charge in [-0.3, -0.25) is 4.79 Å². The summed E-state index contributed by atoms with van der Waals surface area (Å²) in [5.41, 5.74) is 0. The van der Waals surface area contributed by atoms with Gasteiger partial charge in [-0.1, -0.05) is 132 Å². The Labute approximate surface area is 377 Å². The van der Waals surface area contributed by atoms with Gasteiger partial charge in [-0.2, -0.15) is 0 Å². The fourth-order valence-corrected chi connectivity index (χ4v) is 6.87. The molecule has 2 aliphatic rings. The minimum Gasteiger partial charge on any atom is -0.457 e. The molecule has 0 aromatic carbocycles. The van der Waals surface area contributed by atoms with Crippen LogP contribution in [0.4, 0.5) is 0 Å². The molecule has 0 bridgehead atoms. The lowest BCUT2D eigenvalue weighted by atomic mass is 9.98. The maximum absolute atomic E-state index is 12.9. The molecule has 0 saturated carbocycles. The molecule has 0 spiro atoms. The summed E-state index contributed by atoms with van der Waals surface area (Å²) in [4.78, 5) is 12.9. The molecule has 14 nitrogen and oxygen atoms in total. The van der Waals surface area contributed by atoms with Crippen LogP contribution in [0.2, 0.25) is 0 Å². The summed E-state index contributed by atoms with van der Waals surface area (Å²) in [5.74, 6) is -0.407. The number of aliphatic hydroxyl groups is 7. The van der Waals surface area contributed by atoms with Gasteiger partial charge in [-0.25, -0.2) is 0 Å². The first-order valence-corrected chi connectivity index (χ1v) is 23.5. The third-order valence-electron chi connectivity index (χ3n) is 10.7. The third-order valence-corrected chi connectivity index (χ3v) is 10.7. The van der Waals surface area contributed by atoms with Crippen LogP contribution in [0.25, 0.3) is 0 Å². The molecule has 2 saturated heterocycles. The Hall–Kier alpha value is -2.57. The molecule has 63 heavy (non-hydrogen) atoms. The summed E-state index contributed by atoms with van der Waals surface area (Å²) in [5, 5.41) is 71.8. The lowest BCUT2D eigenvalue weighted by molar-refractivity contribution is -0.332. The van der Waals surface area contributed by atoms with Gasteiger partial charge < -0.3 is 64.2 Å². The number of hydrogen-bond donors (Lipinski definition) is 7. The number of esters is 1. The molecular formula is C49H82O14. The summed E-state index contributed by atoms with van der Waals surface area (Å²) < 4.78 is 34.0. The van der Waals surface area contributed by atoms with Crippen molar-refractivity contribution in [1.82, 2.24) is 0 Å². The summed E-state index contributed by atoms with van der Waals surface area (Å²) in [6.07, 6.45) is 27.2. The van der Waals surface area contributed by atoms with E-state index < -0.39 is 86.7 Å². The van der Waals surface area contributed by atoms with Gasteiger partial charge in [0.2, 0.25) is 0 Å². The SMILES string of the molecule is CC/C=C\C/C=C\C/C=C\C/C=C\C/C=C\C/C=C\CCCCCCC(=O)OC(COCCCCCCCC)COC1OC(COC2OC(CO)C(O)C(O)C2O)C(O)C(O)C1O. The van der Waals surface area contributed by atoms with Crippen molar-refractivity contribution in [2.24, 2.45) is 0 Å². The smallest absolute Gasteiger partial charge is 0.306 e. The van der Waals surface area contributed by atoms with Gasteiger partial charge in [0, 0.05) is 13.0 Å². The summed E-state index contributed by atoms with van der Waals surface area (Å²) in [7, 11) is 0. The molecule has 362 valence electrons. The quantitative estimate of drug-likeness (QED) is 0.0223. The van der Waals surface area contributed by atoms with Crippen LogP contribution < -0.4 is 0 Å². The minimum absolute atomic E-state index is 0.0459. The highest BCUT2D eigenvalue weighted by atomic mass is 16.7. The number of hydrogen-bond acceptors (Lipinski definition) is 14. The van der Waals surface area contributed by atoms with Crippen molar-refractivity contribution in [1.29, 1.82) is 0 Å². The second-order valence-electron chi connectivity index (χ2n) is 16.2. The van der Waals surface area contributed by atoms with E-state index in [1.807, 2.05) is 0 Å². The second kappa shape index (κ2) is 36.6. The highest BCUT2D eigenvalue weighted by molar-refractivity contribution is 5.69. The Morgan fingerprint density at radius 1 is 0.540 bits per heavy atom. The van der Waals surface area contributed by atoms with E-state index in [1.54, 1.807) is 0 Å². The van der Waals surface area contributed by atoms with Crippen molar-refractivity contribution in [2.45, 2.75) is 197 Å². The number of aliphatic hydroxyl groups excluding tert-OH is 7. The average molecular weight is 895 g/mol. The van der Waals surface area contributed by atoms with Gasteiger partial charge in [0.1, 0.15) is 54.9 Å². The lowest BCUT2D eigenvalue weighted by Crippen LogP contribution is -2.61. The first-order chi connectivity index (χ1) is 30.6. The maximum Gasteiger partial charge on any atom is 0.306 e. The standard InChI is InChI=1S/C49H82O14/c1-3-5-7-9-11-12-13-14-15-16-17-18-19-20-21-22-23-24-25-26-27-28-30-32-41(51)61-38(35-58-33-31-29-10-8-6-4-2)36-59-48-47(57)45(55)43(53)40(63-48)37-60-49-46(56)44(54)42(52)39(34-50)62-49/h5,7,11-12,14-15,17-18,20-21,23-24,38-40,42-50,52-57H,3-4,6,8-10,13,16,19,22,25-37H2,1-2H3/b7-5-,12-11-,15-14-,18-17-,21-20-,24-23-. The zero-order chi connectivity index (χ0) is 45.9. The number of carbonyl (C=O) groups excluding carboxylic acids is 1. The highest BCUT2D eigenvalue weighted by Gasteiger charge is 2.47. The largest absolute Gasteiger partial charge is 0.457 e. The monoisotopic (exact) mass is 895 g/mol. The van der Waals surface area contributed by atoms with E-state index in [-0.39, 0.29) is 19.6 Å². The molecule has 0 amide bonds. The van der Waals surface area contributed by atoms with Crippen molar-refractivity contribution in [2.75, 3.05) is 33.0 Å². The van der Waals surface area contributed by atoms with E-state index in [1.165, 1.54) is 12.8 Å². The molecule has 14 heteroatoms. The Morgan fingerprint density at radius 2 is 1.03 bits per heavy atom. The average Bonchev–Trinajstić information content (AvgIpc) is 3.28. The number of ether oxygens (including phenoxy) is 6. The van der Waals surface area contributed by atoms with E-state index in [0.29, 0.717) is 13.0 Å². The molecule has 11 unspecified atom stereocenters. The maximum atomic E-state index is 12.9. The normalized spacial score (nSPS) is 27.6. The topological polar surface area (TPSA) is 214 Å². The summed E-state index contributed by atoms with van der Waals surface area (Å²) in [6, 6.07) is 0. The van der Waals surface area contributed by atoms with Crippen molar-refractivity contribution in [3.63, 3.8) is 0 Å². The van der Waals surface area contributed by atoms with Crippen LogP contribution in [0.5, 0.6) is 0 Å². The molecule has 2 aliphatic heterocycles. The Kier molecular flexibility index (Phi) is 32.9. The predicted molar refractivity (Wildman–Crippen MR) is 242 cm³/mol. The zero-order valence-electron chi connectivity index (χ0n) is 38.0. The number of unbranched alkanes of at least 4 members (excludes halogenated alkanes) is 9. The Balaban J connectivity index is 1.73. The molecule has 2 fully saturated rings. The predicted octanol–water partition coefficient (Wildman–Crippen LogP) is 5.95. The molecule has 11 atom stereocenters. The third kappa shape index (κ3) is 25.1. The van der Waals surface area contributed by atoms with E-state index in [9.17, 15) is 40.5 Å². The molecule has 2 heterocycles. The summed E-state index contributed by atoms with van der Waals surface area (Å²) >= 11 is 0. The fraction of sp³-hybridized carbons (Fsp3) is 0.735. The molecular weight excluding hydrogens is 813 g/mol. The van der Waals surface area contributed by atoms with Crippen LogP contribution in [0.1, 0.15) is 129 Å². The van der Waals surface area contributed by atoms with Gasteiger partial charge in [0.05, 0.1) is 26.4 Å². The van der Waals surface area contributed by atoms with E-state index >= 15 is 0 Å². The first-order valence-electron chi connectivity index (χ1n) is 23.5. The van der Waals surface area contributed by atoms with Crippen LogP contribution >= 0.6 is 0 Å². The second-order valence-corrected chi connectivity index (χ2v) is 16.2. The van der Waals surface area contributed by atoms with E-state index in [4.69, 9.17) is 28.4 Å². The molecule has 0 aromatic heterocycles. The van der Waals surface area contributed by atoms with E-state index in [2.05, 4.69) is 86.8 Å². The molecule has 2 rings (SSSR count). The first kappa shape index (κ1) is 56.6. The number of carbonyl (C=O) groups is 1. The Bertz CT molecular complexity index is 1310. The molecule has 0 aromatic rings. The van der Waals surface area contributed by atoms with Crippen molar-refractivity contribution in [3.05, 3.63) is 72.9 Å². The van der Waals surface area contributed by atoms with Gasteiger partial charge in [0.15, 0.2) is 12.6 Å². The molecule has 0 radical (unpaired) electrons. The van der Waals surface area contributed by atoms with Crippen molar-refractivity contribution >= 4 is 5.97 Å². The van der Waals surface area contributed by atoms with Gasteiger partial charge in [0.25, 0.3) is 0 Å². The molecule has 7 N–H and O–H groups in total. The highest BCUT2D eigenvalue weighted by Crippen LogP contribution is 2.26. The van der Waals surface area contributed by atoms with Crippen LogP contribution in [-0.2, 0) is 33.2 Å². The van der Waals surface area contributed by atoms with Gasteiger partial charge >= 0.3 is 5.97 Å². The zero-order valence-corrected chi connectivity index (χ0v) is 38.0. The number of allylic oxidation sites excluding steroid dienone is 12. The minimum atomic E-state index is -1.71. The van der Waals surface area contributed by atoms with Gasteiger partial charge in [-0.05, 0) is 64.2 Å². The van der Waals surface area contributed by atoms with Crippen LogP contribution in [0, 0.1) is 0 Å². The van der Waals surface area contributed by atoms with Crippen molar-refractivity contribution in [3.8, 4) is 0 Å². The molecule has 0 aliphatic carbocycles. The lowest BCUT2D eigenvalue weighted by Gasteiger charge is -2.42. The fourth-order valence-electron chi connectivity index (χ4n) is 6.87. The van der Waals surface area contributed by atoms with Crippen LogP contribution in [0.3, 0.4) is 0 Å². The van der Waals surface area contributed by atoms with Crippen LogP contribution in [0.15, 0.2) is 72.9 Å². The van der Waals surface area contributed by atoms with Crippen LogP contribution in [-0.4, -0.2) is 142 Å². The number of rotatable bonds is 35. The van der Waals surface area contributed by atoms with Crippen molar-refractivity contribution < 1.29 is 69.0 Å². The van der Waals surface area contributed by atoms with Gasteiger partial charge in [-0.15, -0.1) is 0 Å². The van der Waals surface area contributed by atoms with E-state index in [0.717, 1.165) is 89.9 Å².